The van der Waals surface area contributed by atoms with Crippen molar-refractivity contribution in [2.45, 2.75) is 51.0 Å². The zero-order chi connectivity index (χ0) is 11.5. The van der Waals surface area contributed by atoms with Crippen LogP contribution in [0.15, 0.2) is 0 Å². The number of amides is 1. The largest absolute Gasteiger partial charge is 0.481 e. The van der Waals surface area contributed by atoms with E-state index in [0.29, 0.717) is 6.42 Å². The topological polar surface area (TPSA) is 66.4 Å². The predicted molar refractivity (Wildman–Crippen MR) is 58.9 cm³/mol. The highest BCUT2D eigenvalue weighted by Crippen LogP contribution is 2.29. The maximum absolute atomic E-state index is 11.8. The van der Waals surface area contributed by atoms with E-state index in [1.165, 1.54) is 0 Å². The Morgan fingerprint density at radius 1 is 1.00 bits per heavy atom. The van der Waals surface area contributed by atoms with Crippen molar-refractivity contribution in [2.75, 3.05) is 0 Å². The third kappa shape index (κ3) is 2.36. The highest BCUT2D eigenvalue weighted by Gasteiger charge is 2.34. The first kappa shape index (κ1) is 11.4. The smallest absolute Gasteiger partial charge is 0.308 e. The third-order valence-electron chi connectivity index (χ3n) is 3.89. The average Bonchev–Trinajstić information content (AvgIpc) is 2.15. The molecule has 2 saturated carbocycles. The zero-order valence-electron chi connectivity index (χ0n) is 9.45. The molecular formula is C12H19NO3. The summed E-state index contributed by atoms with van der Waals surface area (Å²) in [5, 5.41) is 12.0. The summed E-state index contributed by atoms with van der Waals surface area (Å²) in [5.74, 6) is -0.919. The van der Waals surface area contributed by atoms with Crippen molar-refractivity contribution in [2.24, 2.45) is 11.8 Å². The second kappa shape index (κ2) is 4.85. The summed E-state index contributed by atoms with van der Waals surface area (Å²) >= 11 is 0. The van der Waals surface area contributed by atoms with Crippen LogP contribution >= 0.6 is 0 Å². The molecule has 2 aliphatic carbocycles. The SMILES string of the molecule is O=C(N[C@@H]1CCCC[C@@H]1C(=O)O)C1CCC1. The molecule has 2 N–H and O–H groups in total. The van der Waals surface area contributed by atoms with Gasteiger partial charge in [0.2, 0.25) is 5.91 Å². The molecule has 2 aliphatic rings. The Kier molecular flexibility index (Phi) is 3.46. The van der Waals surface area contributed by atoms with Gasteiger partial charge >= 0.3 is 5.97 Å². The van der Waals surface area contributed by atoms with E-state index in [0.717, 1.165) is 38.5 Å². The van der Waals surface area contributed by atoms with E-state index in [-0.39, 0.29) is 23.8 Å². The molecule has 4 heteroatoms. The summed E-state index contributed by atoms with van der Waals surface area (Å²) in [5.41, 5.74) is 0. The Morgan fingerprint density at radius 3 is 2.25 bits per heavy atom. The summed E-state index contributed by atoms with van der Waals surface area (Å²) in [6, 6.07) is -0.139. The first-order chi connectivity index (χ1) is 7.68. The Hall–Kier alpha value is -1.06. The van der Waals surface area contributed by atoms with E-state index in [9.17, 15) is 9.59 Å². The number of hydrogen-bond acceptors (Lipinski definition) is 2. The van der Waals surface area contributed by atoms with Crippen LogP contribution in [0.3, 0.4) is 0 Å². The molecule has 0 aromatic rings. The normalized spacial score (nSPS) is 30.5. The number of carbonyl (C=O) groups excluding carboxylic acids is 1. The highest BCUT2D eigenvalue weighted by molar-refractivity contribution is 5.81. The Morgan fingerprint density at radius 2 is 1.69 bits per heavy atom. The van der Waals surface area contributed by atoms with Gasteiger partial charge in [-0.05, 0) is 25.7 Å². The molecule has 0 saturated heterocycles. The number of carboxylic acids is 1. The van der Waals surface area contributed by atoms with Crippen LogP contribution in [-0.4, -0.2) is 23.0 Å². The van der Waals surface area contributed by atoms with Gasteiger partial charge in [-0.25, -0.2) is 0 Å². The van der Waals surface area contributed by atoms with Gasteiger partial charge in [-0.2, -0.15) is 0 Å². The van der Waals surface area contributed by atoms with Crippen molar-refractivity contribution in [1.82, 2.24) is 5.32 Å². The summed E-state index contributed by atoms with van der Waals surface area (Å²) in [7, 11) is 0. The Bertz CT molecular complexity index is 286. The van der Waals surface area contributed by atoms with Crippen molar-refractivity contribution in [3.05, 3.63) is 0 Å². The van der Waals surface area contributed by atoms with E-state index < -0.39 is 5.97 Å². The number of nitrogens with one attached hydrogen (secondary N) is 1. The number of aliphatic carboxylic acids is 1. The van der Waals surface area contributed by atoms with Crippen LogP contribution in [0.4, 0.5) is 0 Å². The number of hydrogen-bond donors (Lipinski definition) is 2. The first-order valence-electron chi connectivity index (χ1n) is 6.21. The fourth-order valence-corrected chi connectivity index (χ4v) is 2.57. The summed E-state index contributed by atoms with van der Waals surface area (Å²) in [6.07, 6.45) is 6.57. The van der Waals surface area contributed by atoms with Gasteiger partial charge in [-0.15, -0.1) is 0 Å². The maximum atomic E-state index is 11.8. The summed E-state index contributed by atoms with van der Waals surface area (Å²) in [4.78, 5) is 22.8. The van der Waals surface area contributed by atoms with Gasteiger partial charge in [-0.3, -0.25) is 9.59 Å². The van der Waals surface area contributed by atoms with E-state index >= 15 is 0 Å². The molecule has 0 aromatic heterocycles. The highest BCUT2D eigenvalue weighted by atomic mass is 16.4. The van der Waals surface area contributed by atoms with Crippen LogP contribution in [0.2, 0.25) is 0 Å². The molecule has 0 radical (unpaired) electrons. The molecule has 0 unspecified atom stereocenters. The Balaban J connectivity index is 1.90. The van der Waals surface area contributed by atoms with Crippen LogP contribution in [-0.2, 0) is 9.59 Å². The predicted octanol–water partition coefficient (Wildman–Crippen LogP) is 1.55. The second-order valence-corrected chi connectivity index (χ2v) is 4.97. The van der Waals surface area contributed by atoms with Crippen LogP contribution in [0, 0.1) is 11.8 Å². The fraction of sp³-hybridized carbons (Fsp3) is 0.833. The molecule has 4 nitrogen and oxygen atoms in total. The minimum Gasteiger partial charge on any atom is -0.481 e. The van der Waals surface area contributed by atoms with Gasteiger partial charge in [0.1, 0.15) is 0 Å². The van der Waals surface area contributed by atoms with Gasteiger partial charge in [0.15, 0.2) is 0 Å². The van der Waals surface area contributed by atoms with Crippen LogP contribution in [0.1, 0.15) is 44.9 Å². The summed E-state index contributed by atoms with van der Waals surface area (Å²) < 4.78 is 0. The lowest BCUT2D eigenvalue weighted by molar-refractivity contribution is -0.144. The van der Waals surface area contributed by atoms with E-state index in [4.69, 9.17) is 5.11 Å². The van der Waals surface area contributed by atoms with Crippen molar-refractivity contribution in [1.29, 1.82) is 0 Å². The van der Waals surface area contributed by atoms with Gasteiger partial charge in [0.05, 0.1) is 5.92 Å². The molecule has 0 aromatic carbocycles. The monoisotopic (exact) mass is 225 g/mol. The molecule has 2 rings (SSSR count). The Labute approximate surface area is 95.4 Å². The third-order valence-corrected chi connectivity index (χ3v) is 3.89. The first-order valence-corrected chi connectivity index (χ1v) is 6.21. The lowest BCUT2D eigenvalue weighted by atomic mass is 9.81. The quantitative estimate of drug-likeness (QED) is 0.765. The van der Waals surface area contributed by atoms with Gasteiger partial charge in [0, 0.05) is 12.0 Å². The molecule has 0 spiro atoms. The molecule has 90 valence electrons. The maximum Gasteiger partial charge on any atom is 0.308 e. The number of rotatable bonds is 3. The van der Waals surface area contributed by atoms with Crippen molar-refractivity contribution >= 4 is 11.9 Å². The van der Waals surface area contributed by atoms with E-state index in [1.807, 2.05) is 0 Å². The second-order valence-electron chi connectivity index (χ2n) is 4.97. The number of carboxylic acid groups (broad SMARTS) is 1. The van der Waals surface area contributed by atoms with Crippen LogP contribution < -0.4 is 5.32 Å². The average molecular weight is 225 g/mol. The van der Waals surface area contributed by atoms with Gasteiger partial charge in [0.25, 0.3) is 0 Å². The van der Waals surface area contributed by atoms with Crippen LogP contribution in [0.5, 0.6) is 0 Å². The van der Waals surface area contributed by atoms with Crippen molar-refractivity contribution in [3.63, 3.8) is 0 Å². The van der Waals surface area contributed by atoms with Crippen molar-refractivity contribution < 1.29 is 14.7 Å². The molecule has 0 heterocycles. The van der Waals surface area contributed by atoms with E-state index in [2.05, 4.69) is 5.32 Å². The molecule has 0 aliphatic heterocycles. The molecule has 16 heavy (non-hydrogen) atoms. The van der Waals surface area contributed by atoms with Crippen molar-refractivity contribution in [3.8, 4) is 0 Å². The molecule has 2 fully saturated rings. The van der Waals surface area contributed by atoms with E-state index in [1.54, 1.807) is 0 Å². The fourth-order valence-electron chi connectivity index (χ4n) is 2.57. The van der Waals surface area contributed by atoms with Gasteiger partial charge < -0.3 is 10.4 Å². The standard InChI is InChI=1S/C12H19NO3/c14-11(8-4-3-5-8)13-10-7-2-1-6-9(10)12(15)16/h8-10H,1-7H2,(H,13,14)(H,15,16)/t9-,10+/m0/s1. The molecule has 1 amide bonds. The lowest BCUT2D eigenvalue weighted by Crippen LogP contribution is -2.48. The molecule has 0 bridgehead atoms. The minimum absolute atomic E-state index is 0.0735. The molecular weight excluding hydrogens is 206 g/mol. The lowest BCUT2D eigenvalue weighted by Gasteiger charge is -2.32. The summed E-state index contributed by atoms with van der Waals surface area (Å²) in [6.45, 7) is 0. The molecule has 2 atom stereocenters. The minimum atomic E-state index is -0.765. The number of carbonyl (C=O) groups is 2. The van der Waals surface area contributed by atoms with Crippen LogP contribution in [0.25, 0.3) is 0 Å². The zero-order valence-corrected chi connectivity index (χ0v) is 9.45. The van der Waals surface area contributed by atoms with Gasteiger partial charge in [-0.1, -0.05) is 19.3 Å².